The lowest BCUT2D eigenvalue weighted by Crippen LogP contribution is -2.14. The van der Waals surface area contributed by atoms with E-state index in [9.17, 15) is 4.79 Å². The molecule has 0 aliphatic rings. The predicted octanol–water partition coefficient (Wildman–Crippen LogP) is 6.83. The van der Waals surface area contributed by atoms with Gasteiger partial charge in [0.15, 0.2) is 16.1 Å². The van der Waals surface area contributed by atoms with Crippen molar-refractivity contribution in [3.05, 3.63) is 67.7 Å². The highest BCUT2D eigenvalue weighted by atomic mass is 35.5. The molecule has 0 fully saturated rings. The molecule has 0 aliphatic heterocycles. The topological polar surface area (TPSA) is 81.9 Å². The first-order chi connectivity index (χ1) is 16.7. The fourth-order valence-electron chi connectivity index (χ4n) is 3.17. The Kier molecular flexibility index (Phi) is 8.23. The number of carbonyl (C=O) groups is 1. The van der Waals surface area contributed by atoms with Gasteiger partial charge in [0.05, 0.1) is 16.5 Å². The Morgan fingerprint density at radius 1 is 1.14 bits per heavy atom. The summed E-state index contributed by atoms with van der Waals surface area (Å²) in [5.74, 6) is 1.30. The van der Waals surface area contributed by atoms with Crippen LogP contribution in [0, 0.1) is 13.8 Å². The number of aromatic nitrogens is 4. The Morgan fingerprint density at radius 2 is 1.89 bits per heavy atom. The van der Waals surface area contributed by atoms with Crippen molar-refractivity contribution < 1.29 is 9.53 Å². The van der Waals surface area contributed by atoms with E-state index in [0.29, 0.717) is 37.6 Å². The van der Waals surface area contributed by atoms with Crippen LogP contribution in [0.4, 0.5) is 5.13 Å². The number of nitrogens with zero attached hydrogens (tertiary/aromatic N) is 4. The van der Waals surface area contributed by atoms with E-state index in [1.165, 1.54) is 23.1 Å². The summed E-state index contributed by atoms with van der Waals surface area (Å²) in [6, 6.07) is 8.97. The number of carbonyl (C=O) groups excluding carboxylic acids is 1. The van der Waals surface area contributed by atoms with Gasteiger partial charge >= 0.3 is 0 Å². The highest BCUT2D eigenvalue weighted by molar-refractivity contribution is 7.99. The highest BCUT2D eigenvalue weighted by Crippen LogP contribution is 2.32. The van der Waals surface area contributed by atoms with Gasteiger partial charge in [0.25, 0.3) is 0 Å². The summed E-state index contributed by atoms with van der Waals surface area (Å²) in [5.41, 5.74) is 3.32. The first-order valence-electron chi connectivity index (χ1n) is 10.3. The maximum atomic E-state index is 12.5. The van der Waals surface area contributed by atoms with Crippen LogP contribution in [0.1, 0.15) is 17.0 Å². The van der Waals surface area contributed by atoms with E-state index in [2.05, 4.69) is 20.5 Å². The summed E-state index contributed by atoms with van der Waals surface area (Å²) in [5, 5.41) is 15.9. The molecule has 0 bridgehead atoms. The highest BCUT2D eigenvalue weighted by Gasteiger charge is 2.15. The number of thioether (sulfide) groups is 1. The van der Waals surface area contributed by atoms with Crippen molar-refractivity contribution in [2.24, 2.45) is 7.05 Å². The fraction of sp³-hybridized carbons (Fsp3) is 0.217. The second kappa shape index (κ2) is 11.2. The molecule has 1 amide bonds. The minimum Gasteiger partial charge on any atom is -0.486 e. The van der Waals surface area contributed by atoms with Crippen molar-refractivity contribution in [1.82, 2.24) is 19.7 Å². The van der Waals surface area contributed by atoms with Crippen LogP contribution in [-0.4, -0.2) is 31.4 Å². The van der Waals surface area contributed by atoms with Crippen LogP contribution < -0.4 is 10.1 Å². The third kappa shape index (κ3) is 6.29. The summed E-state index contributed by atoms with van der Waals surface area (Å²) < 4.78 is 7.67. The number of halogens is 3. The van der Waals surface area contributed by atoms with Crippen LogP contribution in [-0.2, 0) is 18.4 Å². The van der Waals surface area contributed by atoms with E-state index >= 15 is 0 Å². The van der Waals surface area contributed by atoms with E-state index in [-0.39, 0.29) is 18.3 Å². The standard InChI is InChI=1S/C23H20Cl3N5O2S2/c1-12-6-15(7-13(2)21(12)26)33-9-19-29-30-23(31(19)3)35-11-20(32)28-22-27-18(10-34-22)16-5-4-14(24)8-17(16)25/h4-8,10H,9,11H2,1-3H3,(H,27,28,32). The minimum absolute atomic E-state index is 0.152. The molecular formula is C23H20Cl3N5O2S2. The molecule has 0 radical (unpaired) electrons. The zero-order valence-electron chi connectivity index (χ0n) is 18.9. The van der Waals surface area contributed by atoms with E-state index in [1.54, 1.807) is 22.8 Å². The van der Waals surface area contributed by atoms with Gasteiger partial charge in [0.1, 0.15) is 12.4 Å². The number of nitrogens with one attached hydrogen (secondary N) is 1. The van der Waals surface area contributed by atoms with Gasteiger partial charge in [0.2, 0.25) is 5.91 Å². The minimum atomic E-state index is -0.203. The molecule has 35 heavy (non-hydrogen) atoms. The molecule has 1 N–H and O–H groups in total. The molecule has 0 aliphatic carbocycles. The molecule has 0 atom stereocenters. The van der Waals surface area contributed by atoms with Crippen LogP contribution in [0.2, 0.25) is 15.1 Å². The third-order valence-electron chi connectivity index (χ3n) is 4.99. The van der Waals surface area contributed by atoms with Gasteiger partial charge in [-0.15, -0.1) is 21.5 Å². The largest absolute Gasteiger partial charge is 0.486 e. The second-order valence-corrected chi connectivity index (χ2v) is 10.6. The summed E-state index contributed by atoms with van der Waals surface area (Å²) in [6.07, 6.45) is 0. The molecule has 0 spiro atoms. The van der Waals surface area contributed by atoms with Gasteiger partial charge in [0, 0.05) is 28.0 Å². The number of aryl methyl sites for hydroxylation is 2. The predicted molar refractivity (Wildman–Crippen MR) is 143 cm³/mol. The monoisotopic (exact) mass is 567 g/mol. The molecule has 0 saturated heterocycles. The molecule has 0 saturated carbocycles. The second-order valence-electron chi connectivity index (χ2n) is 7.62. The van der Waals surface area contributed by atoms with E-state index in [4.69, 9.17) is 39.5 Å². The molecule has 2 heterocycles. The number of hydrogen-bond acceptors (Lipinski definition) is 7. The van der Waals surface area contributed by atoms with Gasteiger partial charge in [-0.2, -0.15) is 0 Å². The lowest BCUT2D eigenvalue weighted by atomic mass is 10.1. The zero-order chi connectivity index (χ0) is 25.1. The van der Waals surface area contributed by atoms with Crippen LogP contribution in [0.15, 0.2) is 40.9 Å². The van der Waals surface area contributed by atoms with Gasteiger partial charge in [-0.1, -0.05) is 46.6 Å². The van der Waals surface area contributed by atoms with Gasteiger partial charge < -0.3 is 14.6 Å². The third-order valence-corrected chi connectivity index (χ3v) is 7.91. The van der Waals surface area contributed by atoms with Crippen molar-refractivity contribution in [2.45, 2.75) is 25.6 Å². The number of amides is 1. The summed E-state index contributed by atoms with van der Waals surface area (Å²) in [7, 11) is 1.83. The molecule has 4 rings (SSSR count). The van der Waals surface area contributed by atoms with E-state index in [0.717, 1.165) is 21.7 Å². The first kappa shape index (κ1) is 25.8. The molecule has 4 aromatic rings. The number of hydrogen-bond donors (Lipinski definition) is 1. The summed E-state index contributed by atoms with van der Waals surface area (Å²) >= 11 is 21.0. The maximum absolute atomic E-state index is 12.5. The number of rotatable bonds is 8. The van der Waals surface area contributed by atoms with Crippen LogP contribution in [0.3, 0.4) is 0 Å². The Bertz CT molecular complexity index is 1370. The van der Waals surface area contributed by atoms with Crippen molar-refractivity contribution in [3.8, 4) is 17.0 Å². The summed E-state index contributed by atoms with van der Waals surface area (Å²) in [6.45, 7) is 4.11. The lowest BCUT2D eigenvalue weighted by Gasteiger charge is -2.10. The number of thiazole rings is 1. The first-order valence-corrected chi connectivity index (χ1v) is 13.3. The van der Waals surface area contributed by atoms with E-state index in [1.807, 2.05) is 38.4 Å². The lowest BCUT2D eigenvalue weighted by molar-refractivity contribution is -0.113. The van der Waals surface area contributed by atoms with Crippen molar-refractivity contribution in [2.75, 3.05) is 11.1 Å². The molecule has 0 unspecified atom stereocenters. The molecule has 182 valence electrons. The van der Waals surface area contributed by atoms with Crippen molar-refractivity contribution >= 4 is 68.9 Å². The quantitative estimate of drug-likeness (QED) is 0.235. The number of ether oxygens (including phenoxy) is 1. The summed E-state index contributed by atoms with van der Waals surface area (Å²) in [4.78, 5) is 16.9. The zero-order valence-corrected chi connectivity index (χ0v) is 22.8. The Balaban J connectivity index is 1.32. The Labute approximate surface area is 225 Å². The Hall–Kier alpha value is -2.30. The van der Waals surface area contributed by atoms with Crippen molar-refractivity contribution in [1.29, 1.82) is 0 Å². The average Bonchev–Trinajstić information content (AvgIpc) is 3.41. The van der Waals surface area contributed by atoms with Crippen LogP contribution >= 0.6 is 57.9 Å². The SMILES string of the molecule is Cc1cc(OCc2nnc(SCC(=O)Nc3nc(-c4ccc(Cl)cc4Cl)cs3)n2C)cc(C)c1Cl. The smallest absolute Gasteiger partial charge is 0.236 e. The fourth-order valence-corrected chi connectivity index (χ4v) is 5.24. The van der Waals surface area contributed by atoms with Gasteiger partial charge in [-0.25, -0.2) is 4.98 Å². The maximum Gasteiger partial charge on any atom is 0.236 e. The molecular weight excluding hydrogens is 549 g/mol. The molecule has 2 aromatic heterocycles. The van der Waals surface area contributed by atoms with Crippen molar-refractivity contribution in [3.63, 3.8) is 0 Å². The Morgan fingerprint density at radius 3 is 2.60 bits per heavy atom. The van der Waals surface area contributed by atoms with Crippen LogP contribution in [0.25, 0.3) is 11.3 Å². The molecule has 2 aromatic carbocycles. The molecule has 7 nitrogen and oxygen atoms in total. The van der Waals surface area contributed by atoms with Gasteiger partial charge in [-0.3, -0.25) is 4.79 Å². The van der Waals surface area contributed by atoms with Crippen LogP contribution in [0.5, 0.6) is 5.75 Å². The average molecular weight is 569 g/mol. The number of benzene rings is 2. The van der Waals surface area contributed by atoms with E-state index < -0.39 is 0 Å². The molecule has 12 heteroatoms. The van der Waals surface area contributed by atoms with Gasteiger partial charge in [-0.05, 0) is 55.3 Å². The number of anilines is 1. The normalized spacial score (nSPS) is 11.0.